The third-order valence-electron chi connectivity index (χ3n) is 12.1. The zero-order valence-electron chi connectivity index (χ0n) is 34.9. The maximum Gasteiger partial charge on any atom is 0.0934 e. The molecule has 9 nitrogen and oxygen atoms in total. The molecule has 0 amide bonds. The topological polar surface area (TPSA) is 123 Å². The molecule has 2 aliphatic heterocycles. The van der Waals surface area contributed by atoms with Gasteiger partial charge >= 0.3 is 21.0 Å². The number of nitrogens with zero attached hydrogens (tertiary/aromatic N) is 8. The van der Waals surface area contributed by atoms with E-state index in [1.807, 2.05) is 72.8 Å². The van der Waals surface area contributed by atoms with Crippen molar-refractivity contribution in [3.05, 3.63) is 194 Å². The normalized spacial score (nSPS) is 11.5. The van der Waals surface area contributed by atoms with Crippen LogP contribution in [0.25, 0.3) is 134 Å². The van der Waals surface area contributed by atoms with E-state index in [2.05, 4.69) is 121 Å². The molecule has 13 rings (SSSR count). The molecule has 0 saturated heterocycles. The van der Waals surface area contributed by atoms with Crippen LogP contribution in [0.1, 0.15) is 0 Å². The van der Waals surface area contributed by atoms with Gasteiger partial charge in [0, 0.05) is 55.6 Å². The first-order valence-corrected chi connectivity index (χ1v) is 21.9. The number of fused-ring (bicyclic) bond motifs is 20. The Morgan fingerprint density at radius 2 is 0.576 bits per heavy atom. The van der Waals surface area contributed by atoms with Crippen molar-refractivity contribution in [2.24, 2.45) is 0 Å². The van der Waals surface area contributed by atoms with Gasteiger partial charge < -0.3 is 29.9 Å². The van der Waals surface area contributed by atoms with Crippen LogP contribution in [0.15, 0.2) is 194 Å². The van der Waals surface area contributed by atoms with Crippen molar-refractivity contribution in [2.45, 2.75) is 0 Å². The van der Waals surface area contributed by atoms with E-state index in [0.717, 1.165) is 106 Å². The quantitative estimate of drug-likeness (QED) is 0.170. The summed E-state index contributed by atoms with van der Waals surface area (Å²) in [5.74, 6) is 2.02. The largest absolute Gasteiger partial charge is 0.357 e. The smallest absolute Gasteiger partial charge is 0.0934 e. The van der Waals surface area contributed by atoms with E-state index in [4.69, 9.17) is 43.5 Å². The predicted molar refractivity (Wildman–Crippen MR) is 256 cm³/mol. The molecule has 10 heteroatoms. The third kappa shape index (κ3) is 6.48. The van der Waals surface area contributed by atoms with Crippen molar-refractivity contribution in [2.75, 3.05) is 0 Å². The molecule has 11 aromatic rings. The minimum atomic E-state index is 0.503. The van der Waals surface area contributed by atoms with Crippen molar-refractivity contribution >= 4 is 44.1 Å². The van der Waals surface area contributed by atoms with Gasteiger partial charge in [0.05, 0.1) is 23.3 Å². The Labute approximate surface area is 387 Å². The summed E-state index contributed by atoms with van der Waals surface area (Å²) in [6.45, 7) is 0. The first-order valence-electron chi connectivity index (χ1n) is 21.4. The first kappa shape index (κ1) is 39.1. The van der Waals surface area contributed by atoms with E-state index in [9.17, 15) is 0 Å². The Morgan fingerprint density at radius 3 is 0.955 bits per heavy atom. The van der Waals surface area contributed by atoms with E-state index in [-0.39, 0.29) is 0 Å². The van der Waals surface area contributed by atoms with Gasteiger partial charge in [-0.05, 0) is 55.3 Å². The number of benzene rings is 8. The van der Waals surface area contributed by atoms with Crippen LogP contribution >= 0.6 is 0 Å². The molecule has 3 aromatic heterocycles. The van der Waals surface area contributed by atoms with Crippen LogP contribution in [0, 0.1) is 0 Å². The average molecular weight is 884 g/mol. The van der Waals surface area contributed by atoms with Crippen molar-refractivity contribution in [3.63, 3.8) is 0 Å². The third-order valence-corrected chi connectivity index (χ3v) is 12.1. The fraction of sp³-hybridized carbons (Fsp3) is 0. The Hall–Kier alpha value is -8.50. The molecule has 0 aliphatic carbocycles. The molecular weight excluding hydrogens is 852 g/mol. The second-order valence-electron chi connectivity index (χ2n) is 15.9. The first-order chi connectivity index (χ1) is 32.7. The Kier molecular flexibility index (Phi) is 9.63. The SMILES string of the molecule is [O]=[V+2].c1ccc(-c2cccc3c2-c2nc-3nc3[n-]c(nc4nc(nc5[n-]c(n2)c2cccc(-c6ccccc6)c52)-c2cccc(-c5ccccc5)c2-4)c2cccc(-c4ccccc4)c32)cc1. The van der Waals surface area contributed by atoms with Crippen LogP contribution in [0.3, 0.4) is 0 Å². The Balaban J connectivity index is 0.00000225. The van der Waals surface area contributed by atoms with Crippen LogP contribution in [0.5, 0.6) is 0 Å². The molecule has 8 bridgehead atoms. The molecule has 0 atom stereocenters. The second kappa shape index (κ2) is 16.2. The molecule has 0 radical (unpaired) electrons. The van der Waals surface area contributed by atoms with E-state index < -0.39 is 0 Å². The molecule has 0 N–H and O–H groups in total. The van der Waals surface area contributed by atoms with Gasteiger partial charge in [0.15, 0.2) is 0 Å². The van der Waals surface area contributed by atoms with Gasteiger partial charge in [-0.1, -0.05) is 194 Å². The van der Waals surface area contributed by atoms with E-state index in [1.54, 1.807) is 0 Å². The minimum Gasteiger partial charge on any atom is -0.357 e. The van der Waals surface area contributed by atoms with Gasteiger partial charge in [0.1, 0.15) is 0 Å². The van der Waals surface area contributed by atoms with Gasteiger partial charge in [-0.2, -0.15) is 0 Å². The molecular formula is C56H32N8OV. The Bertz CT molecular complexity index is 3600. The van der Waals surface area contributed by atoms with E-state index >= 15 is 0 Å². The Morgan fingerprint density at radius 1 is 0.273 bits per heavy atom. The van der Waals surface area contributed by atoms with Gasteiger partial charge in [-0.15, -0.1) is 0 Å². The number of rotatable bonds is 4. The molecule has 2 aliphatic rings. The number of aromatic nitrogens is 8. The predicted octanol–water partition coefficient (Wildman–Crippen LogP) is 12.7. The molecule has 307 valence electrons. The van der Waals surface area contributed by atoms with Crippen LogP contribution in [0.2, 0.25) is 0 Å². The summed E-state index contributed by atoms with van der Waals surface area (Å²) >= 11 is 1.06. The van der Waals surface area contributed by atoms with Crippen molar-refractivity contribution in [1.29, 1.82) is 0 Å². The van der Waals surface area contributed by atoms with Gasteiger partial charge in [-0.25, -0.2) is 9.97 Å². The monoisotopic (exact) mass is 883 g/mol. The summed E-state index contributed by atoms with van der Waals surface area (Å²) in [7, 11) is 0. The van der Waals surface area contributed by atoms with Crippen LogP contribution in [-0.2, 0) is 21.0 Å². The average Bonchev–Trinajstić information content (AvgIpc) is 4.14. The fourth-order valence-electron chi connectivity index (χ4n) is 9.28. The maximum absolute atomic E-state index is 8.19. The molecule has 0 unspecified atom stereocenters. The second-order valence-corrected chi connectivity index (χ2v) is 15.9. The summed E-state index contributed by atoms with van der Waals surface area (Å²) in [5, 5.41) is 3.44. The van der Waals surface area contributed by atoms with Crippen molar-refractivity contribution in [1.82, 2.24) is 39.9 Å². The number of hydrogen-bond donors (Lipinski definition) is 0. The zero-order valence-corrected chi connectivity index (χ0v) is 36.3. The fourth-order valence-corrected chi connectivity index (χ4v) is 9.28. The standard InChI is InChI=1S/C56H32N8.O.V/c1-5-17-33(18-6-1)37-25-13-29-41-45(37)53-57-49(41)62-54-47-39(35-21-9-3-10-22-35)27-15-31-43(47)51(59-54)64-56-48-40(36-23-11-4-12-24-36)28-16-32-44(48)52(60-56)63-55-46-38(34-19-7-2-8-20-34)26-14-30-42(46)50(58-55)61-53;;/h1-32H;;/q-2;;+2. The van der Waals surface area contributed by atoms with E-state index in [0.29, 0.717) is 45.9 Å². The molecule has 0 fully saturated rings. The molecule has 5 heterocycles. The van der Waals surface area contributed by atoms with Crippen LogP contribution in [0.4, 0.5) is 0 Å². The van der Waals surface area contributed by atoms with Crippen LogP contribution < -0.4 is 9.97 Å². The summed E-state index contributed by atoms with van der Waals surface area (Å²) in [6.07, 6.45) is 0. The molecule has 8 aromatic carbocycles. The van der Waals surface area contributed by atoms with Crippen LogP contribution in [-0.4, -0.2) is 29.9 Å². The van der Waals surface area contributed by atoms with Gasteiger partial charge in [0.25, 0.3) is 0 Å². The van der Waals surface area contributed by atoms with Crippen molar-refractivity contribution < 1.29 is 21.0 Å². The summed E-state index contributed by atoms with van der Waals surface area (Å²) < 4.78 is 8.19. The molecule has 0 spiro atoms. The minimum absolute atomic E-state index is 0.503. The number of hydrogen-bond acceptors (Lipinski definition) is 7. The summed E-state index contributed by atoms with van der Waals surface area (Å²) in [5.41, 5.74) is 13.6. The molecule has 66 heavy (non-hydrogen) atoms. The van der Waals surface area contributed by atoms with E-state index in [1.165, 1.54) is 0 Å². The summed E-state index contributed by atoms with van der Waals surface area (Å²) in [6, 6.07) is 66.3. The summed E-state index contributed by atoms with van der Waals surface area (Å²) in [4.78, 5) is 42.7. The van der Waals surface area contributed by atoms with Gasteiger partial charge in [-0.3, -0.25) is 0 Å². The maximum atomic E-state index is 8.19. The zero-order chi connectivity index (χ0) is 44.1. The molecule has 0 saturated carbocycles. The van der Waals surface area contributed by atoms with Crippen molar-refractivity contribution in [3.8, 4) is 90.1 Å². The van der Waals surface area contributed by atoms with Gasteiger partial charge in [0.2, 0.25) is 0 Å².